The van der Waals surface area contributed by atoms with Crippen LogP contribution in [0.15, 0.2) is 41.3 Å². The third-order valence-corrected chi connectivity index (χ3v) is 4.60. The molecule has 22 heavy (non-hydrogen) atoms. The third kappa shape index (κ3) is 4.31. The number of anilines is 1. The molecule has 0 fully saturated rings. The number of ether oxygens (including phenoxy) is 1. The van der Waals surface area contributed by atoms with Crippen molar-refractivity contribution in [2.45, 2.75) is 25.2 Å². The van der Waals surface area contributed by atoms with E-state index in [1.54, 1.807) is 19.1 Å². The standard InChI is InChI=1S/C17H21ClN2OS/c1-12(2)11-13-9-10-16(19-17(13)21-4)20(3)22-15-8-6-5-7-14(15)18/h5-10,12H,11H2,1-4H3. The topological polar surface area (TPSA) is 25.4 Å². The number of hydrogen-bond acceptors (Lipinski definition) is 4. The maximum absolute atomic E-state index is 6.20. The van der Waals surface area contributed by atoms with Crippen LogP contribution in [0.25, 0.3) is 0 Å². The summed E-state index contributed by atoms with van der Waals surface area (Å²) in [5.74, 6) is 2.10. The Morgan fingerprint density at radius 1 is 1.23 bits per heavy atom. The van der Waals surface area contributed by atoms with E-state index in [1.165, 1.54) is 0 Å². The van der Waals surface area contributed by atoms with E-state index < -0.39 is 0 Å². The first kappa shape index (κ1) is 17.0. The summed E-state index contributed by atoms with van der Waals surface area (Å²) in [6.07, 6.45) is 0.956. The molecule has 0 saturated carbocycles. The van der Waals surface area contributed by atoms with E-state index in [4.69, 9.17) is 16.3 Å². The fourth-order valence-electron chi connectivity index (χ4n) is 2.12. The number of methoxy groups -OCH3 is 1. The van der Waals surface area contributed by atoms with Gasteiger partial charge in [0.15, 0.2) is 0 Å². The first-order valence-electron chi connectivity index (χ1n) is 7.21. The molecular formula is C17H21ClN2OS. The van der Waals surface area contributed by atoms with Gasteiger partial charge in [-0.25, -0.2) is 0 Å². The molecule has 0 unspecified atom stereocenters. The average Bonchev–Trinajstić information content (AvgIpc) is 2.49. The Morgan fingerprint density at radius 3 is 2.59 bits per heavy atom. The quantitative estimate of drug-likeness (QED) is 0.686. The molecule has 1 aromatic carbocycles. The van der Waals surface area contributed by atoms with Gasteiger partial charge in [0.1, 0.15) is 5.82 Å². The van der Waals surface area contributed by atoms with E-state index >= 15 is 0 Å². The largest absolute Gasteiger partial charge is 0.481 e. The second kappa shape index (κ2) is 7.75. The first-order chi connectivity index (χ1) is 10.5. The molecule has 5 heteroatoms. The molecule has 0 saturated heterocycles. The van der Waals surface area contributed by atoms with Gasteiger partial charge in [-0.15, -0.1) is 0 Å². The minimum Gasteiger partial charge on any atom is -0.481 e. The zero-order valence-electron chi connectivity index (χ0n) is 13.3. The lowest BCUT2D eigenvalue weighted by atomic mass is 10.0. The van der Waals surface area contributed by atoms with Crippen molar-refractivity contribution in [3.05, 3.63) is 47.0 Å². The molecule has 1 heterocycles. The van der Waals surface area contributed by atoms with Gasteiger partial charge in [-0.1, -0.05) is 37.6 Å². The zero-order valence-corrected chi connectivity index (χ0v) is 14.9. The number of halogens is 1. The Kier molecular flexibility index (Phi) is 5.98. The first-order valence-corrected chi connectivity index (χ1v) is 8.36. The highest BCUT2D eigenvalue weighted by Crippen LogP contribution is 2.32. The zero-order chi connectivity index (χ0) is 16.1. The van der Waals surface area contributed by atoms with Crippen molar-refractivity contribution in [3.8, 4) is 5.88 Å². The van der Waals surface area contributed by atoms with E-state index in [2.05, 4.69) is 24.9 Å². The molecule has 0 bridgehead atoms. The molecule has 2 rings (SSSR count). The molecule has 2 aromatic rings. The Bertz CT molecular complexity index is 634. The summed E-state index contributed by atoms with van der Waals surface area (Å²) in [6, 6.07) is 11.9. The highest BCUT2D eigenvalue weighted by Gasteiger charge is 2.12. The lowest BCUT2D eigenvalue weighted by Crippen LogP contribution is -2.10. The summed E-state index contributed by atoms with van der Waals surface area (Å²) < 4.78 is 7.43. The third-order valence-electron chi connectivity index (χ3n) is 3.14. The van der Waals surface area contributed by atoms with Crippen molar-refractivity contribution in [3.63, 3.8) is 0 Å². The maximum Gasteiger partial charge on any atom is 0.218 e. The monoisotopic (exact) mass is 336 g/mol. The minimum atomic E-state index is 0.566. The normalized spacial score (nSPS) is 10.8. The van der Waals surface area contributed by atoms with Gasteiger partial charge in [0.25, 0.3) is 0 Å². The molecule has 0 aliphatic heterocycles. The highest BCUT2D eigenvalue weighted by molar-refractivity contribution is 8.00. The lowest BCUT2D eigenvalue weighted by molar-refractivity contribution is 0.390. The molecule has 0 spiro atoms. The van der Waals surface area contributed by atoms with Gasteiger partial charge < -0.3 is 4.74 Å². The van der Waals surface area contributed by atoms with Gasteiger partial charge in [-0.05, 0) is 48.6 Å². The molecule has 118 valence electrons. The molecule has 0 aliphatic carbocycles. The second-order valence-corrected chi connectivity index (χ2v) is 7.03. The van der Waals surface area contributed by atoms with Crippen LogP contribution < -0.4 is 9.04 Å². The van der Waals surface area contributed by atoms with Crippen LogP contribution in [0.1, 0.15) is 19.4 Å². The predicted molar refractivity (Wildman–Crippen MR) is 95.0 cm³/mol. The second-order valence-electron chi connectivity index (χ2n) is 5.45. The number of aromatic nitrogens is 1. The summed E-state index contributed by atoms with van der Waals surface area (Å²) in [5.41, 5.74) is 1.14. The Labute approximate surface area is 141 Å². The Hall–Kier alpha value is -1.39. The van der Waals surface area contributed by atoms with Gasteiger partial charge in [0.05, 0.1) is 12.1 Å². The van der Waals surface area contributed by atoms with Gasteiger partial charge >= 0.3 is 0 Å². The molecule has 3 nitrogen and oxygen atoms in total. The van der Waals surface area contributed by atoms with Crippen LogP contribution >= 0.6 is 23.5 Å². The van der Waals surface area contributed by atoms with Crippen LogP contribution in [0.4, 0.5) is 5.82 Å². The van der Waals surface area contributed by atoms with Crippen molar-refractivity contribution in [1.82, 2.24) is 4.98 Å². The Balaban J connectivity index is 2.19. The number of hydrogen-bond donors (Lipinski definition) is 0. The van der Waals surface area contributed by atoms with E-state index in [9.17, 15) is 0 Å². The van der Waals surface area contributed by atoms with Crippen LogP contribution in [0.2, 0.25) is 5.02 Å². The highest BCUT2D eigenvalue weighted by atomic mass is 35.5. The fourth-order valence-corrected chi connectivity index (χ4v) is 3.14. The van der Waals surface area contributed by atoms with Crippen LogP contribution in [0, 0.1) is 5.92 Å². The molecular weight excluding hydrogens is 316 g/mol. The van der Waals surface area contributed by atoms with Crippen LogP contribution in [-0.4, -0.2) is 19.1 Å². The minimum absolute atomic E-state index is 0.566. The summed E-state index contributed by atoms with van der Waals surface area (Å²) >= 11 is 7.75. The summed E-state index contributed by atoms with van der Waals surface area (Å²) in [6.45, 7) is 4.37. The smallest absolute Gasteiger partial charge is 0.218 e. The number of rotatable bonds is 6. The van der Waals surface area contributed by atoms with Crippen molar-refractivity contribution in [2.24, 2.45) is 5.92 Å². The van der Waals surface area contributed by atoms with Crippen molar-refractivity contribution in [1.29, 1.82) is 0 Å². The van der Waals surface area contributed by atoms with Crippen molar-refractivity contribution >= 4 is 29.4 Å². The molecule has 0 N–H and O–H groups in total. The molecule has 1 aromatic heterocycles. The van der Waals surface area contributed by atoms with E-state index in [0.29, 0.717) is 11.8 Å². The predicted octanol–water partition coefficient (Wildman–Crippen LogP) is 5.09. The number of benzene rings is 1. The number of nitrogens with zero attached hydrogens (tertiary/aromatic N) is 2. The fraction of sp³-hybridized carbons (Fsp3) is 0.353. The SMILES string of the molecule is COc1nc(N(C)Sc2ccccc2Cl)ccc1CC(C)C. The van der Waals surface area contributed by atoms with Gasteiger partial charge in [0, 0.05) is 17.5 Å². The molecule has 0 radical (unpaired) electrons. The summed E-state index contributed by atoms with van der Waals surface area (Å²) in [4.78, 5) is 5.61. The van der Waals surface area contributed by atoms with Gasteiger partial charge in [-0.3, -0.25) is 4.31 Å². The van der Waals surface area contributed by atoms with Crippen LogP contribution in [0.5, 0.6) is 5.88 Å². The average molecular weight is 337 g/mol. The summed E-state index contributed by atoms with van der Waals surface area (Å²) in [7, 11) is 3.63. The van der Waals surface area contributed by atoms with E-state index in [0.717, 1.165) is 27.7 Å². The van der Waals surface area contributed by atoms with Gasteiger partial charge in [-0.2, -0.15) is 4.98 Å². The Morgan fingerprint density at radius 2 is 1.95 bits per heavy atom. The molecule has 0 atom stereocenters. The van der Waals surface area contributed by atoms with Crippen LogP contribution in [0.3, 0.4) is 0 Å². The number of pyridine rings is 1. The summed E-state index contributed by atoms with van der Waals surface area (Å²) in [5, 5.41) is 0.739. The van der Waals surface area contributed by atoms with Crippen molar-refractivity contribution in [2.75, 3.05) is 18.5 Å². The van der Waals surface area contributed by atoms with Crippen LogP contribution in [-0.2, 0) is 6.42 Å². The molecule has 0 amide bonds. The van der Waals surface area contributed by atoms with Crippen molar-refractivity contribution < 1.29 is 4.74 Å². The van der Waals surface area contributed by atoms with E-state index in [-0.39, 0.29) is 0 Å². The van der Waals surface area contributed by atoms with E-state index in [1.807, 2.05) is 41.7 Å². The van der Waals surface area contributed by atoms with Gasteiger partial charge in [0.2, 0.25) is 5.88 Å². The maximum atomic E-state index is 6.20. The molecule has 0 aliphatic rings. The lowest BCUT2D eigenvalue weighted by Gasteiger charge is -2.19.